The van der Waals surface area contributed by atoms with Gasteiger partial charge in [-0.15, -0.1) is 0 Å². The van der Waals surface area contributed by atoms with E-state index < -0.39 is 42.4 Å². The zero-order chi connectivity index (χ0) is 30.1. The number of nitrogens with one attached hydrogen (secondary N) is 3. The number of hydrogen-bond donors (Lipinski definition) is 5. The first-order valence-corrected chi connectivity index (χ1v) is 12.5. The summed E-state index contributed by atoms with van der Waals surface area (Å²) in [7, 11) is 5.00. The molecule has 0 radical (unpaired) electrons. The third kappa shape index (κ3) is 13.4. The lowest BCUT2D eigenvalue weighted by molar-refractivity contribution is -0.148. The van der Waals surface area contributed by atoms with Gasteiger partial charge in [-0.1, -0.05) is 0 Å². The molecule has 1 aromatic heterocycles. The van der Waals surface area contributed by atoms with Gasteiger partial charge in [0, 0.05) is 38.3 Å². The number of primary amides is 1. The first-order valence-electron chi connectivity index (χ1n) is 12.5. The van der Waals surface area contributed by atoms with E-state index in [-0.39, 0.29) is 51.9 Å². The third-order valence-corrected chi connectivity index (χ3v) is 5.70. The molecule has 0 unspecified atom stereocenters. The number of likely N-dealkylation sites (N-methyl/N-ethyl adjacent to an activating group) is 1. The Morgan fingerprint density at radius 3 is 2.33 bits per heavy atom. The van der Waals surface area contributed by atoms with Crippen LogP contribution in [0.15, 0.2) is 16.9 Å². The summed E-state index contributed by atoms with van der Waals surface area (Å²) in [5, 5.41) is 15.6. The van der Waals surface area contributed by atoms with Crippen LogP contribution in [0.1, 0.15) is 30.9 Å². The van der Waals surface area contributed by atoms with E-state index in [0.717, 1.165) is 10.5 Å². The van der Waals surface area contributed by atoms with Crippen LogP contribution < -0.4 is 21.8 Å². The molecule has 40 heavy (non-hydrogen) atoms. The number of hydrazine groups is 1. The number of alkyl carbamates (subject to hydrolysis) is 1. The van der Waals surface area contributed by atoms with Crippen LogP contribution in [0.4, 0.5) is 4.79 Å². The molecule has 0 saturated heterocycles. The monoisotopic (exact) mass is 572 g/mol. The molecule has 16 heteroatoms. The highest BCUT2D eigenvalue weighted by molar-refractivity contribution is 5.90. The van der Waals surface area contributed by atoms with E-state index in [1.807, 2.05) is 7.05 Å². The summed E-state index contributed by atoms with van der Waals surface area (Å²) in [6.07, 6.45) is 1.67. The third-order valence-electron chi connectivity index (χ3n) is 5.70. The number of hydrogen-bond acceptors (Lipinski definition) is 11. The Labute approximate surface area is 232 Å². The molecule has 0 spiro atoms. The second-order valence-electron chi connectivity index (χ2n) is 8.73. The molecular formula is C24H40N6O10. The van der Waals surface area contributed by atoms with Crippen molar-refractivity contribution in [3.63, 3.8) is 0 Å². The molecule has 0 aliphatic rings. The molecule has 6 N–H and O–H groups in total. The second-order valence-corrected chi connectivity index (χ2v) is 8.73. The number of amides is 4. The van der Waals surface area contributed by atoms with Crippen LogP contribution in [0.25, 0.3) is 0 Å². The van der Waals surface area contributed by atoms with Crippen LogP contribution in [0.5, 0.6) is 0 Å². The maximum Gasteiger partial charge on any atom is 0.408 e. The van der Waals surface area contributed by atoms with Crippen molar-refractivity contribution in [2.24, 2.45) is 5.73 Å². The lowest BCUT2D eigenvalue weighted by Gasteiger charge is -2.21. The average molecular weight is 573 g/mol. The van der Waals surface area contributed by atoms with Crippen LogP contribution in [-0.2, 0) is 46.5 Å². The fourth-order valence-corrected chi connectivity index (χ4v) is 3.10. The number of furan rings is 1. The van der Waals surface area contributed by atoms with Crippen LogP contribution in [0, 0.1) is 0 Å². The number of aliphatic carboxylic acids is 1. The zero-order valence-electron chi connectivity index (χ0n) is 23.3. The van der Waals surface area contributed by atoms with Crippen LogP contribution in [-0.4, -0.2) is 111 Å². The molecule has 1 aromatic rings. The highest BCUT2D eigenvalue weighted by Gasteiger charge is 2.24. The molecule has 0 aliphatic heterocycles. The van der Waals surface area contributed by atoms with Crippen molar-refractivity contribution in [2.75, 3.05) is 54.1 Å². The van der Waals surface area contributed by atoms with Gasteiger partial charge in [-0.05, 0) is 14.0 Å². The van der Waals surface area contributed by atoms with Crippen molar-refractivity contribution in [3.8, 4) is 0 Å². The summed E-state index contributed by atoms with van der Waals surface area (Å²) in [5.41, 5.74) is 9.59. The van der Waals surface area contributed by atoms with Gasteiger partial charge in [0.2, 0.25) is 17.7 Å². The lowest BCUT2D eigenvalue weighted by Crippen LogP contribution is -2.49. The minimum Gasteiger partial charge on any atom is -0.480 e. The van der Waals surface area contributed by atoms with E-state index >= 15 is 0 Å². The fourth-order valence-electron chi connectivity index (χ4n) is 3.10. The number of nitrogens with two attached hydrogens (primary N) is 1. The average Bonchev–Trinajstić information content (AvgIpc) is 3.35. The Bertz CT molecular complexity index is 972. The van der Waals surface area contributed by atoms with Crippen LogP contribution in [0.3, 0.4) is 0 Å². The number of carboxylic acids is 1. The van der Waals surface area contributed by atoms with E-state index in [2.05, 4.69) is 16.1 Å². The smallest absolute Gasteiger partial charge is 0.408 e. The Morgan fingerprint density at radius 1 is 1.05 bits per heavy atom. The Kier molecular flexibility index (Phi) is 15.9. The number of ether oxygens (including phenoxy) is 3. The van der Waals surface area contributed by atoms with E-state index in [9.17, 15) is 24.0 Å². The van der Waals surface area contributed by atoms with E-state index in [1.165, 1.54) is 26.5 Å². The molecule has 4 amide bonds. The summed E-state index contributed by atoms with van der Waals surface area (Å²) < 4.78 is 21.0. The lowest BCUT2D eigenvalue weighted by atomic mass is 10.2. The molecule has 226 valence electrons. The normalized spacial score (nSPS) is 12.4. The topological polar surface area (TPSA) is 215 Å². The van der Waals surface area contributed by atoms with Crippen LogP contribution >= 0.6 is 0 Å². The Morgan fingerprint density at radius 2 is 1.70 bits per heavy atom. The predicted octanol–water partition coefficient (Wildman–Crippen LogP) is -1.21. The molecule has 0 fully saturated rings. The summed E-state index contributed by atoms with van der Waals surface area (Å²) in [6.45, 7) is 2.46. The molecule has 2 atom stereocenters. The van der Waals surface area contributed by atoms with Crippen molar-refractivity contribution in [3.05, 3.63) is 23.7 Å². The molecule has 1 rings (SSSR count). The van der Waals surface area contributed by atoms with Crippen molar-refractivity contribution >= 4 is 29.8 Å². The van der Waals surface area contributed by atoms with E-state index in [0.29, 0.717) is 12.1 Å². The van der Waals surface area contributed by atoms with E-state index in [1.54, 1.807) is 12.1 Å². The molecule has 0 aliphatic carbocycles. The molecule has 16 nitrogen and oxygen atoms in total. The van der Waals surface area contributed by atoms with Gasteiger partial charge in [-0.2, -0.15) is 0 Å². The van der Waals surface area contributed by atoms with Gasteiger partial charge in [0.15, 0.2) is 0 Å². The number of nitrogens with zero attached hydrogens (tertiary/aromatic N) is 2. The first kappa shape index (κ1) is 34.3. The number of rotatable bonds is 20. The second kappa shape index (κ2) is 18.5. The van der Waals surface area contributed by atoms with E-state index in [4.69, 9.17) is 29.5 Å². The highest BCUT2D eigenvalue weighted by Crippen LogP contribution is 2.13. The summed E-state index contributed by atoms with van der Waals surface area (Å²) in [4.78, 5) is 60.1. The van der Waals surface area contributed by atoms with Gasteiger partial charge in [-0.25, -0.2) is 14.6 Å². The van der Waals surface area contributed by atoms with Crippen molar-refractivity contribution in [1.29, 1.82) is 0 Å². The maximum atomic E-state index is 12.5. The first-order chi connectivity index (χ1) is 19.0. The molecule has 0 aromatic carbocycles. The number of carbonyl (C=O) groups excluding carboxylic acids is 4. The highest BCUT2D eigenvalue weighted by atomic mass is 16.5. The summed E-state index contributed by atoms with van der Waals surface area (Å²) in [6, 6.07) is -2.17. The summed E-state index contributed by atoms with van der Waals surface area (Å²) in [5.74, 6) is -2.89. The summed E-state index contributed by atoms with van der Waals surface area (Å²) >= 11 is 0. The van der Waals surface area contributed by atoms with Crippen molar-refractivity contribution < 1.29 is 47.7 Å². The fraction of sp³-hybridized carbons (Fsp3) is 0.625. The predicted molar refractivity (Wildman–Crippen MR) is 139 cm³/mol. The minimum absolute atomic E-state index is 0.0256. The van der Waals surface area contributed by atoms with Gasteiger partial charge >= 0.3 is 12.1 Å². The van der Waals surface area contributed by atoms with Crippen LogP contribution in [0.2, 0.25) is 0 Å². The van der Waals surface area contributed by atoms with Gasteiger partial charge in [0.1, 0.15) is 18.7 Å². The molecule has 1 heterocycles. The quantitative estimate of drug-likeness (QED) is 0.0919. The molecule has 0 bridgehead atoms. The van der Waals surface area contributed by atoms with Gasteiger partial charge in [0.25, 0.3) is 0 Å². The number of carboxylic acid groups (broad SMARTS) is 1. The largest absolute Gasteiger partial charge is 0.480 e. The minimum atomic E-state index is -1.24. The Hall–Kier alpha value is -3.73. The van der Waals surface area contributed by atoms with Crippen molar-refractivity contribution in [1.82, 2.24) is 26.0 Å². The SMILES string of the molecule is CNN(C)Cc1cocc1COC(=O)N[C@@H](CC(N)=O)C(=O)NCCOCCOCCC(=O)N(C)[C@@H](C)C(=O)O. The standard InChI is InChI=1S/C24H40N6O10/c1-16(23(34)35)30(4)21(32)5-7-37-9-10-38-8-6-27-22(33)19(11-20(25)31)28-24(36)40-15-18-14-39-13-17(18)12-29(3)26-2/h13-14,16,19,26H,5-12,15H2,1-4H3,(H2,25,31)(H,27,33)(H,28,36)(H,34,35)/t16-,19-/m0/s1. The van der Waals surface area contributed by atoms with Gasteiger partial charge < -0.3 is 45.0 Å². The zero-order valence-corrected chi connectivity index (χ0v) is 23.3. The maximum absolute atomic E-state index is 12.5. The Balaban J connectivity index is 2.31. The van der Waals surface area contributed by atoms with Gasteiger partial charge in [-0.3, -0.25) is 19.8 Å². The number of carbonyl (C=O) groups is 5. The van der Waals surface area contributed by atoms with Gasteiger partial charge in [0.05, 0.1) is 51.8 Å². The van der Waals surface area contributed by atoms with Crippen molar-refractivity contribution in [2.45, 2.75) is 45.0 Å². The molecule has 0 saturated carbocycles. The molecular weight excluding hydrogens is 532 g/mol.